The first kappa shape index (κ1) is 20.6. The van der Waals surface area contributed by atoms with Crippen LogP contribution in [0.1, 0.15) is 39.2 Å². The molecule has 1 saturated heterocycles. The van der Waals surface area contributed by atoms with Crippen molar-refractivity contribution >= 4 is 5.96 Å². The van der Waals surface area contributed by atoms with Gasteiger partial charge in [-0.2, -0.15) is 0 Å². The average molecular weight is 362 g/mol. The maximum Gasteiger partial charge on any atom is 0.193 e. The number of ether oxygens (including phenoxy) is 2. The van der Waals surface area contributed by atoms with Crippen molar-refractivity contribution < 1.29 is 9.47 Å². The van der Waals surface area contributed by atoms with E-state index in [0.29, 0.717) is 18.4 Å². The summed E-state index contributed by atoms with van der Waals surface area (Å²) in [7, 11) is 2.10. The number of rotatable bonds is 9. The van der Waals surface area contributed by atoms with E-state index in [1.165, 1.54) is 0 Å². The summed E-state index contributed by atoms with van der Waals surface area (Å²) in [5.74, 6) is 3.13. The standard InChI is InChI=1S/C21H35N3O2/c1-5-22-21(24(4)15-18-11-12-25-16-18)23-14-19-8-6-7-9-20(19)26-13-10-17(2)3/h6-9,17-18H,5,10-16H2,1-4H3,(H,22,23). The van der Waals surface area contributed by atoms with E-state index in [1.807, 2.05) is 18.2 Å². The molecule has 2 rings (SSSR count). The zero-order valence-electron chi connectivity index (χ0n) is 16.8. The Labute approximate surface area is 158 Å². The molecule has 0 amide bonds. The van der Waals surface area contributed by atoms with E-state index in [9.17, 15) is 0 Å². The second-order valence-corrected chi connectivity index (χ2v) is 7.42. The van der Waals surface area contributed by atoms with Crippen molar-refractivity contribution in [2.45, 2.75) is 40.2 Å². The number of guanidine groups is 1. The molecule has 1 aromatic rings. The third kappa shape index (κ3) is 6.87. The van der Waals surface area contributed by atoms with Crippen molar-refractivity contribution in [1.82, 2.24) is 10.2 Å². The Morgan fingerprint density at radius 1 is 1.38 bits per heavy atom. The minimum Gasteiger partial charge on any atom is -0.493 e. The molecule has 0 bridgehead atoms. The predicted octanol–water partition coefficient (Wildman–Crippen LogP) is 3.55. The maximum atomic E-state index is 5.99. The number of para-hydroxylation sites is 1. The molecule has 146 valence electrons. The lowest BCUT2D eigenvalue weighted by Gasteiger charge is -2.24. The molecule has 0 aliphatic carbocycles. The molecule has 0 spiro atoms. The zero-order chi connectivity index (χ0) is 18.8. The summed E-state index contributed by atoms with van der Waals surface area (Å²) in [6, 6.07) is 8.21. The van der Waals surface area contributed by atoms with Crippen molar-refractivity contribution in [3.8, 4) is 5.75 Å². The van der Waals surface area contributed by atoms with E-state index in [2.05, 4.69) is 44.1 Å². The van der Waals surface area contributed by atoms with E-state index >= 15 is 0 Å². The number of hydrogen-bond acceptors (Lipinski definition) is 3. The number of aliphatic imine (C=N–C) groups is 1. The third-order valence-corrected chi connectivity index (χ3v) is 4.58. The molecular weight excluding hydrogens is 326 g/mol. The van der Waals surface area contributed by atoms with Gasteiger partial charge < -0.3 is 19.7 Å². The van der Waals surface area contributed by atoms with Crippen molar-refractivity contribution in [2.75, 3.05) is 40.0 Å². The van der Waals surface area contributed by atoms with E-state index in [4.69, 9.17) is 14.5 Å². The van der Waals surface area contributed by atoms with Crippen molar-refractivity contribution in [3.05, 3.63) is 29.8 Å². The topological polar surface area (TPSA) is 46.1 Å². The Kier molecular flexibility index (Phi) is 8.75. The number of nitrogens with zero attached hydrogens (tertiary/aromatic N) is 2. The van der Waals surface area contributed by atoms with Gasteiger partial charge in [0.2, 0.25) is 0 Å². The minimum absolute atomic E-state index is 0.593. The fourth-order valence-electron chi connectivity index (χ4n) is 3.01. The van der Waals surface area contributed by atoms with Gasteiger partial charge in [-0.1, -0.05) is 32.0 Å². The first-order valence-electron chi connectivity index (χ1n) is 9.88. The largest absolute Gasteiger partial charge is 0.493 e. The molecule has 1 aromatic carbocycles. The highest BCUT2D eigenvalue weighted by molar-refractivity contribution is 5.79. The maximum absolute atomic E-state index is 5.99. The minimum atomic E-state index is 0.593. The van der Waals surface area contributed by atoms with Crippen LogP contribution < -0.4 is 10.1 Å². The number of hydrogen-bond donors (Lipinski definition) is 1. The molecule has 0 radical (unpaired) electrons. The van der Waals surface area contributed by atoms with Crippen molar-refractivity contribution in [1.29, 1.82) is 0 Å². The molecule has 1 heterocycles. The lowest BCUT2D eigenvalue weighted by atomic mass is 10.1. The van der Waals surface area contributed by atoms with Gasteiger partial charge in [-0.25, -0.2) is 4.99 Å². The first-order valence-corrected chi connectivity index (χ1v) is 9.88. The SMILES string of the molecule is CCNC(=NCc1ccccc1OCCC(C)C)N(C)CC1CCOC1. The Morgan fingerprint density at radius 3 is 2.88 bits per heavy atom. The van der Waals surface area contributed by atoms with Crippen molar-refractivity contribution in [3.63, 3.8) is 0 Å². The van der Waals surface area contributed by atoms with E-state index in [0.717, 1.165) is 63.0 Å². The summed E-state index contributed by atoms with van der Waals surface area (Å²) in [6.07, 6.45) is 2.20. The second-order valence-electron chi connectivity index (χ2n) is 7.42. The zero-order valence-corrected chi connectivity index (χ0v) is 16.8. The van der Waals surface area contributed by atoms with Gasteiger partial charge in [-0.05, 0) is 31.7 Å². The molecular formula is C21H35N3O2. The molecule has 0 aromatic heterocycles. The van der Waals surface area contributed by atoms with Gasteiger partial charge in [0.1, 0.15) is 5.75 Å². The van der Waals surface area contributed by atoms with Crippen LogP contribution in [-0.4, -0.2) is 50.8 Å². The van der Waals surface area contributed by atoms with Crippen LogP contribution in [0.25, 0.3) is 0 Å². The van der Waals surface area contributed by atoms with E-state index in [-0.39, 0.29) is 0 Å². The summed E-state index contributed by atoms with van der Waals surface area (Å²) in [5.41, 5.74) is 1.13. The molecule has 5 nitrogen and oxygen atoms in total. The van der Waals surface area contributed by atoms with Gasteiger partial charge in [-0.3, -0.25) is 0 Å². The highest BCUT2D eigenvalue weighted by atomic mass is 16.5. The lowest BCUT2D eigenvalue weighted by Crippen LogP contribution is -2.41. The molecule has 5 heteroatoms. The molecule has 26 heavy (non-hydrogen) atoms. The molecule has 1 aliphatic heterocycles. The van der Waals surface area contributed by atoms with Crippen molar-refractivity contribution in [2.24, 2.45) is 16.8 Å². The number of nitrogens with one attached hydrogen (secondary N) is 1. The van der Waals surface area contributed by atoms with Crippen LogP contribution in [0.2, 0.25) is 0 Å². The smallest absolute Gasteiger partial charge is 0.193 e. The highest BCUT2D eigenvalue weighted by Crippen LogP contribution is 2.20. The fraction of sp³-hybridized carbons (Fsp3) is 0.667. The van der Waals surface area contributed by atoms with Crippen LogP contribution in [0.15, 0.2) is 29.3 Å². The predicted molar refractivity (Wildman–Crippen MR) is 108 cm³/mol. The van der Waals surface area contributed by atoms with E-state index < -0.39 is 0 Å². The second kappa shape index (κ2) is 11.1. The first-order chi connectivity index (χ1) is 12.6. The molecule has 1 atom stereocenters. The summed E-state index contributed by atoms with van der Waals surface area (Å²) in [6.45, 7) is 11.5. The average Bonchev–Trinajstić information content (AvgIpc) is 3.12. The van der Waals surface area contributed by atoms with Crippen LogP contribution in [-0.2, 0) is 11.3 Å². The summed E-state index contributed by atoms with van der Waals surface area (Å²) >= 11 is 0. The van der Waals surface area contributed by atoms with Gasteiger partial charge in [0.15, 0.2) is 5.96 Å². The fourth-order valence-corrected chi connectivity index (χ4v) is 3.01. The monoisotopic (exact) mass is 361 g/mol. The summed E-state index contributed by atoms with van der Waals surface area (Å²) < 4.78 is 11.5. The molecule has 1 unspecified atom stereocenters. The normalized spacial score (nSPS) is 17.6. The quantitative estimate of drug-likeness (QED) is 0.540. The van der Waals surface area contributed by atoms with Crippen LogP contribution in [0, 0.1) is 11.8 Å². The Morgan fingerprint density at radius 2 is 2.19 bits per heavy atom. The van der Waals surface area contributed by atoms with Gasteiger partial charge in [0, 0.05) is 38.2 Å². The Hall–Kier alpha value is -1.75. The molecule has 1 fully saturated rings. The molecule has 0 saturated carbocycles. The summed E-state index contributed by atoms with van der Waals surface area (Å²) in [5, 5.41) is 3.40. The van der Waals surface area contributed by atoms with Gasteiger partial charge in [0.05, 0.1) is 19.8 Å². The van der Waals surface area contributed by atoms with Crippen LogP contribution in [0.4, 0.5) is 0 Å². The van der Waals surface area contributed by atoms with Crippen LogP contribution in [0.3, 0.4) is 0 Å². The summed E-state index contributed by atoms with van der Waals surface area (Å²) in [4.78, 5) is 7.05. The van der Waals surface area contributed by atoms with Gasteiger partial charge in [-0.15, -0.1) is 0 Å². The Bertz CT molecular complexity index is 554. The van der Waals surface area contributed by atoms with E-state index in [1.54, 1.807) is 0 Å². The third-order valence-electron chi connectivity index (χ3n) is 4.58. The molecule has 1 aliphatic rings. The highest BCUT2D eigenvalue weighted by Gasteiger charge is 2.19. The van der Waals surface area contributed by atoms with Crippen LogP contribution in [0.5, 0.6) is 5.75 Å². The van der Waals surface area contributed by atoms with Crippen LogP contribution >= 0.6 is 0 Å². The van der Waals surface area contributed by atoms with Gasteiger partial charge in [0.25, 0.3) is 0 Å². The van der Waals surface area contributed by atoms with Gasteiger partial charge >= 0.3 is 0 Å². The lowest BCUT2D eigenvalue weighted by molar-refractivity contribution is 0.181. The Balaban J connectivity index is 1.99. The number of benzene rings is 1. The molecule has 1 N–H and O–H groups in total.